The van der Waals surface area contributed by atoms with Crippen molar-refractivity contribution in [2.24, 2.45) is 0 Å². The number of aromatic amines is 1. The van der Waals surface area contributed by atoms with Gasteiger partial charge in [-0.2, -0.15) is 5.10 Å². The Morgan fingerprint density at radius 1 is 1.20 bits per heavy atom. The van der Waals surface area contributed by atoms with Crippen molar-refractivity contribution in [3.63, 3.8) is 0 Å². The Kier molecular flexibility index (Phi) is 3.25. The molecule has 2 heterocycles. The smallest absolute Gasteiger partial charge is 0.257 e. The molecule has 104 valence electrons. The number of aromatic nitrogens is 2. The van der Waals surface area contributed by atoms with Crippen LogP contribution in [0.5, 0.6) is 0 Å². The molecular formula is C14H15N3O3. The normalized spacial score (nSPS) is 22.2. The fourth-order valence-corrected chi connectivity index (χ4v) is 2.38. The number of nitrogens with one attached hydrogen (secondary N) is 1. The molecule has 3 rings (SSSR count). The van der Waals surface area contributed by atoms with Crippen LogP contribution >= 0.6 is 0 Å². The zero-order chi connectivity index (χ0) is 14.1. The van der Waals surface area contributed by atoms with Crippen LogP contribution in [0.1, 0.15) is 10.4 Å². The highest BCUT2D eigenvalue weighted by molar-refractivity contribution is 5.99. The van der Waals surface area contributed by atoms with E-state index in [4.69, 9.17) is 0 Å². The van der Waals surface area contributed by atoms with Crippen molar-refractivity contribution >= 4 is 5.91 Å². The van der Waals surface area contributed by atoms with Gasteiger partial charge in [-0.25, -0.2) is 0 Å². The van der Waals surface area contributed by atoms with Crippen LogP contribution in [0.4, 0.5) is 0 Å². The summed E-state index contributed by atoms with van der Waals surface area (Å²) in [4.78, 5) is 13.9. The van der Waals surface area contributed by atoms with Crippen molar-refractivity contribution in [3.8, 4) is 11.3 Å². The highest BCUT2D eigenvalue weighted by Gasteiger charge is 2.34. The molecule has 0 bridgehead atoms. The van der Waals surface area contributed by atoms with Crippen LogP contribution in [0.3, 0.4) is 0 Å². The first-order valence-electron chi connectivity index (χ1n) is 6.41. The Morgan fingerprint density at radius 3 is 2.50 bits per heavy atom. The van der Waals surface area contributed by atoms with E-state index in [9.17, 15) is 15.0 Å². The maximum absolute atomic E-state index is 12.4. The van der Waals surface area contributed by atoms with Crippen molar-refractivity contribution < 1.29 is 15.0 Å². The van der Waals surface area contributed by atoms with Crippen LogP contribution in [0.25, 0.3) is 11.3 Å². The third-order valence-electron chi connectivity index (χ3n) is 3.48. The molecule has 3 N–H and O–H groups in total. The van der Waals surface area contributed by atoms with E-state index in [0.717, 1.165) is 5.56 Å². The summed E-state index contributed by atoms with van der Waals surface area (Å²) in [5, 5.41) is 25.8. The molecule has 1 aliphatic rings. The molecule has 1 amide bonds. The van der Waals surface area contributed by atoms with Gasteiger partial charge in [0.2, 0.25) is 0 Å². The summed E-state index contributed by atoms with van der Waals surface area (Å²) in [7, 11) is 0. The van der Waals surface area contributed by atoms with Gasteiger partial charge >= 0.3 is 0 Å². The molecule has 1 aromatic carbocycles. The summed E-state index contributed by atoms with van der Waals surface area (Å²) in [6, 6.07) is 9.44. The first-order valence-corrected chi connectivity index (χ1v) is 6.41. The van der Waals surface area contributed by atoms with Crippen LogP contribution in [-0.4, -0.2) is 56.5 Å². The molecule has 1 saturated heterocycles. The molecule has 2 aromatic rings. The quantitative estimate of drug-likeness (QED) is 0.732. The number of H-pyrrole nitrogens is 1. The number of likely N-dealkylation sites (tertiary alicyclic amines) is 1. The maximum atomic E-state index is 12.4. The minimum atomic E-state index is -0.883. The van der Waals surface area contributed by atoms with Crippen LogP contribution in [0.2, 0.25) is 0 Å². The molecule has 1 aliphatic heterocycles. The molecule has 0 aliphatic carbocycles. The van der Waals surface area contributed by atoms with E-state index in [-0.39, 0.29) is 19.0 Å². The topological polar surface area (TPSA) is 89.5 Å². The number of amides is 1. The number of carbonyl (C=O) groups excluding carboxylic acids is 1. The molecule has 6 heteroatoms. The molecule has 20 heavy (non-hydrogen) atoms. The third-order valence-corrected chi connectivity index (χ3v) is 3.48. The van der Waals surface area contributed by atoms with Crippen molar-refractivity contribution in [2.75, 3.05) is 13.1 Å². The van der Waals surface area contributed by atoms with E-state index in [2.05, 4.69) is 10.2 Å². The number of carbonyl (C=O) groups is 1. The molecule has 0 radical (unpaired) electrons. The van der Waals surface area contributed by atoms with Gasteiger partial charge in [0.1, 0.15) is 0 Å². The standard InChI is InChI=1S/C14H15N3O3/c18-11-7-17(8-12(11)19)14(20)10-6-15-16-13(10)9-4-2-1-3-5-9/h1-6,11-12,18-19H,7-8H2,(H,15,16). The molecule has 0 saturated carbocycles. The molecule has 2 unspecified atom stereocenters. The van der Waals surface area contributed by atoms with E-state index in [1.54, 1.807) is 0 Å². The Bertz CT molecular complexity index is 601. The lowest BCUT2D eigenvalue weighted by Crippen LogP contribution is -2.29. The lowest BCUT2D eigenvalue weighted by Gasteiger charge is -2.15. The number of benzene rings is 1. The van der Waals surface area contributed by atoms with Gasteiger partial charge in [-0.1, -0.05) is 30.3 Å². The second-order valence-corrected chi connectivity index (χ2v) is 4.87. The summed E-state index contributed by atoms with van der Waals surface area (Å²) in [5.41, 5.74) is 1.96. The average Bonchev–Trinajstić information content (AvgIpc) is 3.07. The number of aliphatic hydroxyl groups excluding tert-OH is 2. The molecule has 6 nitrogen and oxygen atoms in total. The first kappa shape index (κ1) is 12.8. The van der Waals surface area contributed by atoms with Gasteiger partial charge in [-0.05, 0) is 0 Å². The van der Waals surface area contributed by atoms with Crippen LogP contribution in [0.15, 0.2) is 36.5 Å². The Morgan fingerprint density at radius 2 is 1.85 bits per heavy atom. The highest BCUT2D eigenvalue weighted by atomic mass is 16.3. The number of aliphatic hydroxyl groups is 2. The number of β-amino-alcohol motifs (C(OH)–C–C–N with tert-alkyl or cyclic N) is 2. The van der Waals surface area contributed by atoms with Gasteiger partial charge < -0.3 is 15.1 Å². The minimum Gasteiger partial charge on any atom is -0.388 e. The minimum absolute atomic E-state index is 0.138. The molecule has 1 fully saturated rings. The number of nitrogens with zero attached hydrogens (tertiary/aromatic N) is 2. The van der Waals surface area contributed by atoms with Crippen LogP contribution < -0.4 is 0 Å². The predicted octanol–water partition coefficient (Wildman–Crippen LogP) is 0.254. The van der Waals surface area contributed by atoms with Crippen LogP contribution in [-0.2, 0) is 0 Å². The Labute approximate surface area is 115 Å². The zero-order valence-corrected chi connectivity index (χ0v) is 10.7. The molecule has 1 aromatic heterocycles. The third kappa shape index (κ3) is 2.19. The summed E-state index contributed by atoms with van der Waals surface area (Å²) in [6.07, 6.45) is -0.293. The van der Waals surface area contributed by atoms with E-state index >= 15 is 0 Å². The number of hydrogen-bond donors (Lipinski definition) is 3. The monoisotopic (exact) mass is 273 g/mol. The van der Waals surface area contributed by atoms with Gasteiger partial charge in [0.15, 0.2) is 0 Å². The lowest BCUT2D eigenvalue weighted by atomic mass is 10.1. The van der Waals surface area contributed by atoms with Crippen molar-refractivity contribution in [1.82, 2.24) is 15.1 Å². The van der Waals surface area contributed by atoms with Crippen molar-refractivity contribution in [3.05, 3.63) is 42.1 Å². The fraction of sp³-hybridized carbons (Fsp3) is 0.286. The van der Waals surface area contributed by atoms with Gasteiger partial charge in [-0.3, -0.25) is 9.89 Å². The molecule has 2 atom stereocenters. The van der Waals surface area contributed by atoms with Crippen molar-refractivity contribution in [2.45, 2.75) is 12.2 Å². The molecular weight excluding hydrogens is 258 g/mol. The molecule has 0 spiro atoms. The summed E-state index contributed by atoms with van der Waals surface area (Å²) in [5.74, 6) is -0.242. The highest BCUT2D eigenvalue weighted by Crippen LogP contribution is 2.23. The van der Waals surface area contributed by atoms with Gasteiger partial charge in [0, 0.05) is 18.7 Å². The fourth-order valence-electron chi connectivity index (χ4n) is 2.38. The number of rotatable bonds is 2. The first-order chi connectivity index (χ1) is 9.66. The summed E-state index contributed by atoms with van der Waals surface area (Å²) in [6.45, 7) is 0.277. The van der Waals surface area contributed by atoms with Gasteiger partial charge in [0.25, 0.3) is 5.91 Å². The average molecular weight is 273 g/mol. The van der Waals surface area contributed by atoms with Gasteiger partial charge in [0.05, 0.1) is 29.7 Å². The van der Waals surface area contributed by atoms with Gasteiger partial charge in [-0.15, -0.1) is 0 Å². The Hall–Kier alpha value is -2.18. The van der Waals surface area contributed by atoms with Crippen molar-refractivity contribution in [1.29, 1.82) is 0 Å². The second kappa shape index (κ2) is 5.07. The second-order valence-electron chi connectivity index (χ2n) is 4.87. The van der Waals surface area contributed by atoms with E-state index in [1.807, 2.05) is 30.3 Å². The lowest BCUT2D eigenvalue weighted by molar-refractivity contribution is 0.0572. The maximum Gasteiger partial charge on any atom is 0.257 e. The van der Waals surface area contributed by atoms with E-state index in [0.29, 0.717) is 11.3 Å². The zero-order valence-electron chi connectivity index (χ0n) is 10.7. The summed E-state index contributed by atoms with van der Waals surface area (Å²) >= 11 is 0. The van der Waals surface area contributed by atoms with E-state index in [1.165, 1.54) is 11.1 Å². The number of hydrogen-bond acceptors (Lipinski definition) is 4. The Balaban J connectivity index is 1.89. The summed E-state index contributed by atoms with van der Waals surface area (Å²) < 4.78 is 0. The predicted molar refractivity (Wildman–Crippen MR) is 71.9 cm³/mol. The largest absolute Gasteiger partial charge is 0.388 e. The van der Waals surface area contributed by atoms with E-state index < -0.39 is 12.2 Å². The van der Waals surface area contributed by atoms with Crippen LogP contribution in [0, 0.1) is 0 Å². The SMILES string of the molecule is O=C(c1cn[nH]c1-c1ccccc1)N1CC(O)C(O)C1.